The van der Waals surface area contributed by atoms with E-state index < -0.39 is 5.60 Å². The Hall–Kier alpha value is -2.25. The summed E-state index contributed by atoms with van der Waals surface area (Å²) in [6, 6.07) is 10.2. The Morgan fingerprint density at radius 1 is 1.14 bits per heavy atom. The maximum Gasteiger partial charge on any atom is 0.226 e. The number of aryl methyl sites for hydroxylation is 1. The van der Waals surface area contributed by atoms with Crippen LogP contribution >= 0.6 is 23.2 Å². The largest absolute Gasteiger partial charge is 0.504 e. The van der Waals surface area contributed by atoms with Gasteiger partial charge < -0.3 is 20.2 Å². The quantitative estimate of drug-likeness (QED) is 0.313. The summed E-state index contributed by atoms with van der Waals surface area (Å²) in [5.74, 6) is -0.147. The number of carbonyl (C=O) groups excluding carboxylic acids is 1. The minimum absolute atomic E-state index is 0.0293. The van der Waals surface area contributed by atoms with E-state index in [0.717, 1.165) is 43.4 Å². The van der Waals surface area contributed by atoms with Crippen molar-refractivity contribution in [3.8, 4) is 11.5 Å². The third kappa shape index (κ3) is 6.09. The summed E-state index contributed by atoms with van der Waals surface area (Å²) in [5.41, 5.74) is 0.891. The van der Waals surface area contributed by atoms with Crippen LogP contribution in [0.15, 0.2) is 49.1 Å². The highest BCUT2D eigenvalue weighted by atomic mass is 35.5. The first kappa shape index (κ1) is 27.8. The first-order valence-corrected chi connectivity index (χ1v) is 13.7. The molecule has 37 heavy (non-hydrogen) atoms. The van der Waals surface area contributed by atoms with Gasteiger partial charge in [-0.25, -0.2) is 0 Å². The number of hydrogen-bond acceptors (Lipinski definition) is 5. The van der Waals surface area contributed by atoms with Gasteiger partial charge in [0.05, 0.1) is 22.1 Å². The zero-order valence-electron chi connectivity index (χ0n) is 21.2. The number of carbonyl (C=O) groups is 1. The maximum absolute atomic E-state index is 13.1. The molecule has 0 bridgehead atoms. The Balaban J connectivity index is 1.44. The number of fused-ring (bicyclic) bond motifs is 1. The molecule has 6 nitrogen and oxygen atoms in total. The van der Waals surface area contributed by atoms with E-state index in [0.29, 0.717) is 29.4 Å². The highest BCUT2D eigenvalue weighted by Gasteiger charge is 2.52. The van der Waals surface area contributed by atoms with Crippen LogP contribution in [-0.2, 0) is 17.6 Å². The number of hydrogen-bond donors (Lipinski definition) is 3. The number of aromatic hydroxyl groups is 2. The molecule has 1 saturated heterocycles. The summed E-state index contributed by atoms with van der Waals surface area (Å²) in [6.45, 7) is 5.47. The second kappa shape index (κ2) is 11.6. The molecule has 0 spiro atoms. The first-order chi connectivity index (χ1) is 17.6. The molecule has 2 aromatic carbocycles. The van der Waals surface area contributed by atoms with Crippen molar-refractivity contribution in [2.75, 3.05) is 20.1 Å². The van der Waals surface area contributed by atoms with Crippen LogP contribution in [0.25, 0.3) is 0 Å². The Bertz CT molecular complexity index is 1140. The van der Waals surface area contributed by atoms with Crippen molar-refractivity contribution in [2.24, 2.45) is 5.92 Å². The molecule has 2 aromatic rings. The van der Waals surface area contributed by atoms with Crippen molar-refractivity contribution in [2.45, 2.75) is 62.6 Å². The third-order valence-corrected chi connectivity index (χ3v) is 9.05. The lowest BCUT2D eigenvalue weighted by Crippen LogP contribution is -2.64. The summed E-state index contributed by atoms with van der Waals surface area (Å²) >= 11 is 12.1. The van der Waals surface area contributed by atoms with Crippen LogP contribution < -0.4 is 0 Å². The number of piperidine rings is 1. The zero-order valence-corrected chi connectivity index (χ0v) is 22.8. The van der Waals surface area contributed by atoms with Gasteiger partial charge in [-0.1, -0.05) is 41.4 Å². The van der Waals surface area contributed by atoms with Gasteiger partial charge in [-0.2, -0.15) is 0 Å². The summed E-state index contributed by atoms with van der Waals surface area (Å²) in [4.78, 5) is 17.2. The Morgan fingerprint density at radius 2 is 1.89 bits per heavy atom. The minimum Gasteiger partial charge on any atom is -0.504 e. The molecule has 0 aromatic heterocycles. The molecule has 2 fully saturated rings. The van der Waals surface area contributed by atoms with Gasteiger partial charge in [-0.3, -0.25) is 9.69 Å². The fourth-order valence-electron chi connectivity index (χ4n) is 6.20. The molecule has 1 heterocycles. The van der Waals surface area contributed by atoms with Crippen LogP contribution in [0.5, 0.6) is 11.5 Å². The van der Waals surface area contributed by atoms with Crippen molar-refractivity contribution in [3.63, 3.8) is 0 Å². The smallest absolute Gasteiger partial charge is 0.226 e. The number of benzene rings is 2. The number of phenols is 2. The van der Waals surface area contributed by atoms with E-state index in [1.807, 2.05) is 30.2 Å². The van der Waals surface area contributed by atoms with Crippen molar-refractivity contribution in [1.29, 1.82) is 0 Å². The number of halogens is 2. The van der Waals surface area contributed by atoms with Gasteiger partial charge in [0.25, 0.3) is 0 Å². The van der Waals surface area contributed by atoms with Crippen LogP contribution in [0, 0.1) is 5.92 Å². The molecule has 1 aliphatic carbocycles. The molecule has 1 aliphatic heterocycles. The van der Waals surface area contributed by atoms with E-state index in [4.69, 9.17) is 23.2 Å². The van der Waals surface area contributed by atoms with Crippen LogP contribution in [0.3, 0.4) is 0 Å². The van der Waals surface area contributed by atoms with Crippen LogP contribution in [0.1, 0.15) is 43.2 Å². The Morgan fingerprint density at radius 3 is 2.59 bits per heavy atom. The zero-order chi connectivity index (χ0) is 26.7. The number of rotatable bonds is 8. The number of amides is 1. The summed E-state index contributed by atoms with van der Waals surface area (Å²) < 4.78 is 0. The number of phenolic OH excluding ortho intramolecular Hbond substituents is 2. The Labute approximate surface area is 229 Å². The molecule has 2 aliphatic rings. The maximum atomic E-state index is 13.1. The monoisotopic (exact) mass is 546 g/mol. The molecule has 3 N–H and O–H groups in total. The normalized spacial score (nSPS) is 25.9. The predicted octanol–water partition coefficient (Wildman–Crippen LogP) is 5.20. The van der Waals surface area contributed by atoms with Crippen molar-refractivity contribution >= 4 is 29.1 Å². The highest BCUT2D eigenvalue weighted by Crippen LogP contribution is 2.46. The van der Waals surface area contributed by atoms with Gasteiger partial charge in [-0.15, -0.1) is 6.58 Å². The lowest BCUT2D eigenvalue weighted by molar-refractivity contribution is -0.156. The average molecular weight is 548 g/mol. The number of nitrogens with zero attached hydrogens (tertiary/aromatic N) is 2. The second-order valence-corrected chi connectivity index (χ2v) is 11.3. The molecule has 1 amide bonds. The van der Waals surface area contributed by atoms with Gasteiger partial charge in [0, 0.05) is 25.7 Å². The lowest BCUT2D eigenvalue weighted by Gasteiger charge is -2.55. The minimum atomic E-state index is -0.857. The molecule has 4 atom stereocenters. The SMILES string of the molecule is C=CCN1CCC2CC(N(C)C(=O)Cc3ccc(Cl)c(Cl)c3)CCC2(O)[C@H]1CCc1ccc(O)c(O)c1. The van der Waals surface area contributed by atoms with E-state index in [9.17, 15) is 20.1 Å². The highest BCUT2D eigenvalue weighted by molar-refractivity contribution is 6.42. The summed E-state index contributed by atoms with van der Waals surface area (Å²) in [6.07, 6.45) is 6.51. The van der Waals surface area contributed by atoms with Crippen LogP contribution in [0.2, 0.25) is 10.0 Å². The van der Waals surface area contributed by atoms with E-state index >= 15 is 0 Å². The Kier molecular flexibility index (Phi) is 8.74. The van der Waals surface area contributed by atoms with Crippen molar-refractivity contribution in [1.82, 2.24) is 9.80 Å². The molecular formula is C29H36Cl2N2O4. The van der Waals surface area contributed by atoms with E-state index in [1.54, 1.807) is 18.2 Å². The molecule has 200 valence electrons. The van der Waals surface area contributed by atoms with E-state index in [1.165, 1.54) is 6.07 Å². The average Bonchev–Trinajstić information content (AvgIpc) is 2.87. The van der Waals surface area contributed by atoms with Crippen molar-refractivity contribution in [3.05, 3.63) is 70.2 Å². The number of likely N-dealkylation sites (tertiary alicyclic amines) is 1. The van der Waals surface area contributed by atoms with Crippen LogP contribution in [0.4, 0.5) is 0 Å². The predicted molar refractivity (Wildman–Crippen MR) is 147 cm³/mol. The van der Waals surface area contributed by atoms with E-state index in [-0.39, 0.29) is 41.8 Å². The van der Waals surface area contributed by atoms with Crippen molar-refractivity contribution < 1.29 is 20.1 Å². The van der Waals surface area contributed by atoms with Gasteiger partial charge in [0.2, 0.25) is 5.91 Å². The topological polar surface area (TPSA) is 84.2 Å². The van der Waals surface area contributed by atoms with Gasteiger partial charge in [0.15, 0.2) is 11.5 Å². The standard InChI is InChI=1S/C29H36Cl2N2O4/c1-3-13-33-14-11-21-18-22(32(2)28(36)17-20-4-7-23(30)24(31)15-20)10-12-29(21,37)27(33)9-6-19-5-8-25(34)26(35)16-19/h3-5,7-8,15-16,21-22,27,34-35,37H,1,6,9-14,17-18H2,2H3/t21?,22?,27-,29?/m1/s1. The number of aliphatic hydroxyl groups is 1. The van der Waals surface area contributed by atoms with Crippen LogP contribution in [-0.4, -0.2) is 68.8 Å². The van der Waals surface area contributed by atoms with Gasteiger partial charge >= 0.3 is 0 Å². The molecule has 1 saturated carbocycles. The number of likely N-dealkylation sites (N-methyl/N-ethyl adjacent to an activating group) is 1. The lowest BCUT2D eigenvalue weighted by atomic mass is 9.64. The van der Waals surface area contributed by atoms with Gasteiger partial charge in [0.1, 0.15) is 0 Å². The fourth-order valence-corrected chi connectivity index (χ4v) is 6.52. The molecular weight excluding hydrogens is 511 g/mol. The third-order valence-electron chi connectivity index (χ3n) is 8.31. The first-order valence-electron chi connectivity index (χ1n) is 12.9. The summed E-state index contributed by atoms with van der Waals surface area (Å²) in [5, 5.41) is 32.5. The molecule has 3 unspecified atom stereocenters. The molecule has 0 radical (unpaired) electrons. The van der Waals surface area contributed by atoms with Gasteiger partial charge in [-0.05, 0) is 86.4 Å². The second-order valence-electron chi connectivity index (χ2n) is 10.5. The molecule has 8 heteroatoms. The molecule has 4 rings (SSSR count). The van der Waals surface area contributed by atoms with E-state index in [2.05, 4.69) is 11.5 Å². The fraction of sp³-hybridized carbons (Fsp3) is 0.483. The summed E-state index contributed by atoms with van der Waals surface area (Å²) in [7, 11) is 1.86.